The zero-order valence-electron chi connectivity index (χ0n) is 10.1. The highest BCUT2D eigenvalue weighted by atomic mass is 16.5. The maximum absolute atomic E-state index is 11.7. The number of esters is 1. The van der Waals surface area contributed by atoms with Gasteiger partial charge >= 0.3 is 5.97 Å². The lowest BCUT2D eigenvalue weighted by molar-refractivity contribution is 0.0464. The number of hydrogen-bond acceptors (Lipinski definition) is 5. The third-order valence-electron chi connectivity index (χ3n) is 2.47. The number of phenols is 1. The predicted molar refractivity (Wildman–Crippen MR) is 63.2 cm³/mol. The van der Waals surface area contributed by atoms with Crippen LogP contribution in [-0.2, 0) is 11.3 Å². The molecule has 0 radical (unpaired) electrons. The highest BCUT2D eigenvalue weighted by molar-refractivity contribution is 5.89. The molecule has 0 saturated heterocycles. The van der Waals surface area contributed by atoms with E-state index in [9.17, 15) is 9.90 Å². The van der Waals surface area contributed by atoms with Gasteiger partial charge in [0.15, 0.2) is 0 Å². The fraction of sp³-hybridized carbons (Fsp3) is 0.231. The number of benzene rings is 1. The minimum absolute atomic E-state index is 0.0464. The molecule has 0 aliphatic rings. The van der Waals surface area contributed by atoms with E-state index in [0.29, 0.717) is 22.6 Å². The molecule has 1 aromatic heterocycles. The van der Waals surface area contributed by atoms with E-state index in [2.05, 4.69) is 5.16 Å². The van der Waals surface area contributed by atoms with Crippen LogP contribution in [0.1, 0.15) is 27.4 Å². The van der Waals surface area contributed by atoms with E-state index in [0.717, 1.165) is 0 Å². The highest BCUT2D eigenvalue weighted by Crippen LogP contribution is 2.18. The van der Waals surface area contributed by atoms with Gasteiger partial charge in [0.05, 0.1) is 5.56 Å². The normalized spacial score (nSPS) is 10.3. The molecule has 0 aliphatic heterocycles. The van der Waals surface area contributed by atoms with Crippen molar-refractivity contribution < 1.29 is 19.2 Å². The summed E-state index contributed by atoms with van der Waals surface area (Å²) in [4.78, 5) is 11.7. The maximum atomic E-state index is 11.7. The van der Waals surface area contributed by atoms with Crippen LogP contribution in [0.15, 0.2) is 28.8 Å². The van der Waals surface area contributed by atoms with Crippen LogP contribution in [0.5, 0.6) is 5.75 Å². The Hall–Kier alpha value is -2.30. The summed E-state index contributed by atoms with van der Waals surface area (Å²) in [5, 5.41) is 13.2. The number of aryl methyl sites for hydroxylation is 2. The summed E-state index contributed by atoms with van der Waals surface area (Å²) in [6.45, 7) is 3.56. The van der Waals surface area contributed by atoms with E-state index in [1.807, 2.05) is 0 Å². The van der Waals surface area contributed by atoms with Crippen LogP contribution in [0.3, 0.4) is 0 Å². The van der Waals surface area contributed by atoms with Gasteiger partial charge in [0, 0.05) is 6.07 Å². The lowest BCUT2D eigenvalue weighted by Crippen LogP contribution is -2.05. The Morgan fingerprint density at radius 1 is 1.39 bits per heavy atom. The fourth-order valence-corrected chi connectivity index (χ4v) is 1.45. The Bertz CT molecular complexity index is 574. The SMILES string of the molecule is Cc1cc(COC(=O)c2ccc(C)c(O)c2)no1. The number of aromatic nitrogens is 1. The van der Waals surface area contributed by atoms with Crippen LogP contribution < -0.4 is 0 Å². The second-order valence-corrected chi connectivity index (χ2v) is 4.01. The number of aromatic hydroxyl groups is 1. The van der Waals surface area contributed by atoms with Gasteiger partial charge < -0.3 is 14.4 Å². The molecule has 0 spiro atoms. The van der Waals surface area contributed by atoms with Gasteiger partial charge in [-0.05, 0) is 31.5 Å². The van der Waals surface area contributed by atoms with Crippen molar-refractivity contribution in [3.05, 3.63) is 46.8 Å². The van der Waals surface area contributed by atoms with Crippen molar-refractivity contribution in [3.63, 3.8) is 0 Å². The van der Waals surface area contributed by atoms with Crippen molar-refractivity contribution in [3.8, 4) is 5.75 Å². The van der Waals surface area contributed by atoms with Crippen molar-refractivity contribution in [1.29, 1.82) is 0 Å². The quantitative estimate of drug-likeness (QED) is 0.843. The van der Waals surface area contributed by atoms with Crippen molar-refractivity contribution >= 4 is 5.97 Å². The molecule has 0 aliphatic carbocycles. The van der Waals surface area contributed by atoms with Gasteiger partial charge in [-0.15, -0.1) is 0 Å². The molecule has 94 valence electrons. The molecule has 0 atom stereocenters. The van der Waals surface area contributed by atoms with Crippen molar-refractivity contribution in [2.45, 2.75) is 20.5 Å². The maximum Gasteiger partial charge on any atom is 0.338 e. The summed E-state index contributed by atoms with van der Waals surface area (Å²) in [6.07, 6.45) is 0. The molecule has 0 saturated carbocycles. The van der Waals surface area contributed by atoms with E-state index >= 15 is 0 Å². The standard InChI is InChI=1S/C13H13NO4/c1-8-3-4-10(6-12(8)15)13(16)17-7-11-5-9(2)18-14-11/h3-6,15H,7H2,1-2H3. The van der Waals surface area contributed by atoms with Gasteiger partial charge in [0.2, 0.25) is 0 Å². The first-order valence-electron chi connectivity index (χ1n) is 5.45. The van der Waals surface area contributed by atoms with Crippen molar-refractivity contribution in [2.24, 2.45) is 0 Å². The zero-order chi connectivity index (χ0) is 13.1. The van der Waals surface area contributed by atoms with Crippen molar-refractivity contribution in [1.82, 2.24) is 5.16 Å². The molecule has 1 aromatic carbocycles. The van der Waals surface area contributed by atoms with Gasteiger partial charge in [-0.1, -0.05) is 11.2 Å². The number of nitrogens with zero attached hydrogens (tertiary/aromatic N) is 1. The molecule has 1 N–H and O–H groups in total. The first-order valence-corrected chi connectivity index (χ1v) is 5.45. The molecule has 2 rings (SSSR count). The first-order chi connectivity index (χ1) is 8.56. The molecule has 0 amide bonds. The Kier molecular flexibility index (Phi) is 3.32. The largest absolute Gasteiger partial charge is 0.508 e. The molecular weight excluding hydrogens is 234 g/mol. The van der Waals surface area contributed by atoms with E-state index in [1.165, 1.54) is 6.07 Å². The summed E-state index contributed by atoms with van der Waals surface area (Å²) in [5.41, 5.74) is 1.56. The third kappa shape index (κ3) is 2.68. The Morgan fingerprint density at radius 3 is 2.78 bits per heavy atom. The van der Waals surface area contributed by atoms with Gasteiger partial charge in [0.1, 0.15) is 23.8 Å². The first kappa shape index (κ1) is 12.2. The average Bonchev–Trinajstić information content (AvgIpc) is 2.75. The van der Waals surface area contributed by atoms with Crippen LogP contribution in [0.2, 0.25) is 0 Å². The second-order valence-electron chi connectivity index (χ2n) is 4.01. The number of carbonyl (C=O) groups is 1. The van der Waals surface area contributed by atoms with Gasteiger partial charge in [-0.3, -0.25) is 0 Å². The summed E-state index contributed by atoms with van der Waals surface area (Å²) in [7, 11) is 0. The van der Waals surface area contributed by atoms with Crippen LogP contribution in [0.25, 0.3) is 0 Å². The summed E-state index contributed by atoms with van der Waals surface area (Å²) in [5.74, 6) is 0.224. The van der Waals surface area contributed by atoms with Gasteiger partial charge in [0.25, 0.3) is 0 Å². The second kappa shape index (κ2) is 4.91. The van der Waals surface area contributed by atoms with Gasteiger partial charge in [-0.2, -0.15) is 0 Å². The highest BCUT2D eigenvalue weighted by Gasteiger charge is 2.10. The number of hydrogen-bond donors (Lipinski definition) is 1. The van der Waals surface area contributed by atoms with Crippen LogP contribution in [0.4, 0.5) is 0 Å². The summed E-state index contributed by atoms with van der Waals surface area (Å²) < 4.78 is 9.91. The minimum atomic E-state index is -0.508. The predicted octanol–water partition coefficient (Wildman–Crippen LogP) is 2.35. The molecule has 2 aromatic rings. The Balaban J connectivity index is 2.01. The topological polar surface area (TPSA) is 72.6 Å². The number of ether oxygens (including phenoxy) is 1. The Morgan fingerprint density at radius 2 is 2.17 bits per heavy atom. The Labute approximate surface area is 104 Å². The van der Waals surface area contributed by atoms with E-state index in [4.69, 9.17) is 9.26 Å². The fourth-order valence-electron chi connectivity index (χ4n) is 1.45. The van der Waals surface area contributed by atoms with Crippen molar-refractivity contribution in [2.75, 3.05) is 0 Å². The lowest BCUT2D eigenvalue weighted by Gasteiger charge is -2.04. The van der Waals surface area contributed by atoms with E-state index < -0.39 is 5.97 Å². The summed E-state index contributed by atoms with van der Waals surface area (Å²) >= 11 is 0. The number of phenolic OH excluding ortho intramolecular Hbond substituents is 1. The number of rotatable bonds is 3. The zero-order valence-corrected chi connectivity index (χ0v) is 10.1. The average molecular weight is 247 g/mol. The lowest BCUT2D eigenvalue weighted by atomic mass is 10.1. The summed E-state index contributed by atoms with van der Waals surface area (Å²) in [6, 6.07) is 6.34. The molecule has 5 heteroatoms. The monoisotopic (exact) mass is 247 g/mol. The molecule has 18 heavy (non-hydrogen) atoms. The van der Waals surface area contributed by atoms with Crippen LogP contribution in [-0.4, -0.2) is 16.2 Å². The number of carbonyl (C=O) groups excluding carboxylic acids is 1. The van der Waals surface area contributed by atoms with Gasteiger partial charge in [-0.25, -0.2) is 4.79 Å². The third-order valence-corrected chi connectivity index (χ3v) is 2.47. The molecular formula is C13H13NO4. The van der Waals surface area contributed by atoms with E-state index in [1.54, 1.807) is 32.0 Å². The minimum Gasteiger partial charge on any atom is -0.508 e. The molecule has 5 nitrogen and oxygen atoms in total. The molecule has 1 heterocycles. The molecule has 0 fully saturated rings. The smallest absolute Gasteiger partial charge is 0.338 e. The van der Waals surface area contributed by atoms with E-state index in [-0.39, 0.29) is 12.4 Å². The van der Waals surface area contributed by atoms with Crippen LogP contribution >= 0.6 is 0 Å². The molecule has 0 unspecified atom stereocenters. The molecule has 0 bridgehead atoms. The van der Waals surface area contributed by atoms with Crippen LogP contribution in [0, 0.1) is 13.8 Å².